The lowest BCUT2D eigenvalue weighted by Gasteiger charge is -2.02. The fourth-order valence-electron chi connectivity index (χ4n) is 1.27. The normalized spacial score (nSPS) is 10.1. The van der Waals surface area contributed by atoms with Crippen molar-refractivity contribution in [2.75, 3.05) is 11.5 Å². The zero-order valence-corrected chi connectivity index (χ0v) is 7.56. The van der Waals surface area contributed by atoms with Gasteiger partial charge in [-0.1, -0.05) is 0 Å². The Labute approximate surface area is 79.2 Å². The second kappa shape index (κ2) is 2.64. The van der Waals surface area contributed by atoms with E-state index in [4.69, 9.17) is 16.7 Å². The third kappa shape index (κ3) is 1.02. The average molecular weight is 189 g/mol. The van der Waals surface area contributed by atoms with Gasteiger partial charge in [-0.05, 0) is 17.5 Å². The van der Waals surface area contributed by atoms with E-state index in [0.29, 0.717) is 16.9 Å². The minimum atomic E-state index is 0.474. The van der Waals surface area contributed by atoms with E-state index < -0.39 is 0 Å². The van der Waals surface area contributed by atoms with Gasteiger partial charge in [-0.2, -0.15) is 5.26 Å². The maximum Gasteiger partial charge on any atom is 0.101 e. The highest BCUT2D eigenvalue weighted by Gasteiger charge is 2.08. The van der Waals surface area contributed by atoms with Gasteiger partial charge in [0.15, 0.2) is 0 Å². The quantitative estimate of drug-likeness (QED) is 0.622. The molecule has 0 aliphatic carbocycles. The van der Waals surface area contributed by atoms with Crippen LogP contribution in [0.15, 0.2) is 17.5 Å². The lowest BCUT2D eigenvalue weighted by atomic mass is 10.1. The highest BCUT2D eigenvalue weighted by molar-refractivity contribution is 7.17. The van der Waals surface area contributed by atoms with E-state index in [-0.39, 0.29) is 0 Å². The van der Waals surface area contributed by atoms with Crippen LogP contribution < -0.4 is 11.5 Å². The fraction of sp³-hybridized carbons (Fsp3) is 0. The van der Waals surface area contributed by atoms with Gasteiger partial charge >= 0.3 is 0 Å². The number of benzene rings is 1. The number of nitriles is 1. The number of hydrogen-bond donors (Lipinski definition) is 2. The van der Waals surface area contributed by atoms with Gasteiger partial charge in [0.1, 0.15) is 6.07 Å². The molecule has 2 rings (SSSR count). The molecule has 0 atom stereocenters. The molecule has 1 heterocycles. The lowest BCUT2D eigenvalue weighted by molar-refractivity contribution is 1.51. The summed E-state index contributed by atoms with van der Waals surface area (Å²) in [5.41, 5.74) is 13.0. The molecule has 0 fully saturated rings. The second-order valence-corrected chi connectivity index (χ2v) is 3.62. The van der Waals surface area contributed by atoms with Gasteiger partial charge in [0.05, 0.1) is 21.6 Å². The minimum absolute atomic E-state index is 0.474. The topological polar surface area (TPSA) is 75.8 Å². The third-order valence-corrected chi connectivity index (χ3v) is 2.88. The molecule has 1 aromatic heterocycles. The monoisotopic (exact) mass is 189 g/mol. The Hall–Kier alpha value is -1.73. The van der Waals surface area contributed by atoms with Crippen LogP contribution >= 0.6 is 11.3 Å². The van der Waals surface area contributed by atoms with Crippen molar-refractivity contribution in [3.63, 3.8) is 0 Å². The zero-order valence-electron chi connectivity index (χ0n) is 6.74. The first-order chi connectivity index (χ1) is 6.24. The number of thiophene rings is 1. The lowest BCUT2D eigenvalue weighted by Crippen LogP contribution is -1.95. The van der Waals surface area contributed by atoms with Crippen molar-refractivity contribution in [1.82, 2.24) is 0 Å². The van der Waals surface area contributed by atoms with Gasteiger partial charge in [0, 0.05) is 5.39 Å². The molecule has 0 amide bonds. The van der Waals surface area contributed by atoms with Crippen LogP contribution in [0, 0.1) is 11.3 Å². The maximum absolute atomic E-state index is 8.83. The smallest absolute Gasteiger partial charge is 0.101 e. The number of nitrogen functional groups attached to an aromatic ring is 2. The van der Waals surface area contributed by atoms with Crippen molar-refractivity contribution in [3.8, 4) is 6.07 Å². The summed E-state index contributed by atoms with van der Waals surface area (Å²) in [6.07, 6.45) is 0. The zero-order chi connectivity index (χ0) is 9.42. The Morgan fingerprint density at radius 3 is 2.85 bits per heavy atom. The molecule has 13 heavy (non-hydrogen) atoms. The Balaban J connectivity index is 2.97. The molecule has 0 unspecified atom stereocenters. The highest BCUT2D eigenvalue weighted by atomic mass is 32.1. The minimum Gasteiger partial charge on any atom is -0.397 e. The van der Waals surface area contributed by atoms with Crippen molar-refractivity contribution in [1.29, 1.82) is 5.26 Å². The van der Waals surface area contributed by atoms with Crippen LogP contribution in [0.2, 0.25) is 0 Å². The molecular weight excluding hydrogens is 182 g/mol. The van der Waals surface area contributed by atoms with E-state index in [0.717, 1.165) is 10.1 Å². The van der Waals surface area contributed by atoms with Gasteiger partial charge in [-0.15, -0.1) is 11.3 Å². The van der Waals surface area contributed by atoms with E-state index in [1.54, 1.807) is 6.07 Å². The van der Waals surface area contributed by atoms with Crippen LogP contribution in [0.5, 0.6) is 0 Å². The van der Waals surface area contributed by atoms with Crippen LogP contribution in [0.4, 0.5) is 11.4 Å². The molecule has 2 aromatic rings. The fourth-order valence-corrected chi connectivity index (χ4v) is 2.14. The Morgan fingerprint density at radius 1 is 1.38 bits per heavy atom. The molecule has 0 spiro atoms. The van der Waals surface area contributed by atoms with Gasteiger partial charge in [0.2, 0.25) is 0 Å². The van der Waals surface area contributed by atoms with Crippen LogP contribution in [0.1, 0.15) is 5.56 Å². The number of nitrogens with zero attached hydrogens (tertiary/aromatic N) is 1. The molecule has 1 aromatic carbocycles. The summed E-state index contributed by atoms with van der Waals surface area (Å²) in [6.45, 7) is 0. The van der Waals surface area contributed by atoms with Crippen LogP contribution in [0.3, 0.4) is 0 Å². The van der Waals surface area contributed by atoms with Crippen molar-refractivity contribution in [2.24, 2.45) is 0 Å². The first-order valence-corrected chi connectivity index (χ1v) is 4.57. The SMILES string of the molecule is N#Cc1cc(N)c(N)c2ccsc12. The first kappa shape index (κ1) is 7.90. The standard InChI is InChI=1S/C9H7N3S/c10-4-5-3-7(11)8(12)6-1-2-13-9(5)6/h1-3H,11-12H2. The van der Waals surface area contributed by atoms with Gasteiger partial charge in [-0.25, -0.2) is 0 Å². The molecule has 0 bridgehead atoms. The first-order valence-electron chi connectivity index (χ1n) is 3.69. The summed E-state index contributed by atoms with van der Waals surface area (Å²) < 4.78 is 0.911. The third-order valence-electron chi connectivity index (χ3n) is 1.93. The van der Waals surface area contributed by atoms with Crippen molar-refractivity contribution in [3.05, 3.63) is 23.1 Å². The molecule has 0 radical (unpaired) electrons. The average Bonchev–Trinajstić information content (AvgIpc) is 2.60. The largest absolute Gasteiger partial charge is 0.397 e. The van der Waals surface area contributed by atoms with Crippen molar-refractivity contribution in [2.45, 2.75) is 0 Å². The van der Waals surface area contributed by atoms with Crippen LogP contribution in [0.25, 0.3) is 10.1 Å². The number of rotatable bonds is 0. The summed E-state index contributed by atoms with van der Waals surface area (Å²) in [7, 11) is 0. The summed E-state index contributed by atoms with van der Waals surface area (Å²) in [5, 5.41) is 11.6. The van der Waals surface area contributed by atoms with E-state index >= 15 is 0 Å². The van der Waals surface area contributed by atoms with Gasteiger partial charge < -0.3 is 11.5 Å². The number of hydrogen-bond acceptors (Lipinski definition) is 4. The highest BCUT2D eigenvalue weighted by Crippen LogP contribution is 2.33. The van der Waals surface area contributed by atoms with E-state index in [2.05, 4.69) is 6.07 Å². The Kier molecular flexibility index (Phi) is 1.61. The van der Waals surface area contributed by atoms with Crippen LogP contribution in [-0.4, -0.2) is 0 Å². The molecule has 0 aliphatic rings. The molecule has 64 valence electrons. The molecule has 0 saturated heterocycles. The predicted molar refractivity (Wildman–Crippen MR) is 55.4 cm³/mol. The van der Waals surface area contributed by atoms with E-state index in [1.807, 2.05) is 11.4 Å². The maximum atomic E-state index is 8.83. The van der Waals surface area contributed by atoms with Gasteiger partial charge in [-0.3, -0.25) is 0 Å². The number of nitrogens with two attached hydrogens (primary N) is 2. The van der Waals surface area contributed by atoms with Gasteiger partial charge in [0.25, 0.3) is 0 Å². The Morgan fingerprint density at radius 2 is 2.15 bits per heavy atom. The van der Waals surface area contributed by atoms with Crippen LogP contribution in [-0.2, 0) is 0 Å². The summed E-state index contributed by atoms with van der Waals surface area (Å²) in [5.74, 6) is 0. The summed E-state index contributed by atoms with van der Waals surface area (Å²) >= 11 is 1.50. The predicted octanol–water partition coefficient (Wildman–Crippen LogP) is 1.94. The number of anilines is 2. The van der Waals surface area contributed by atoms with Crippen molar-refractivity contribution >= 4 is 32.8 Å². The molecule has 4 N–H and O–H groups in total. The Bertz CT molecular complexity index is 507. The summed E-state index contributed by atoms with van der Waals surface area (Å²) in [4.78, 5) is 0. The molecular formula is C9H7N3S. The molecule has 0 aliphatic heterocycles. The number of fused-ring (bicyclic) bond motifs is 1. The molecule has 3 nitrogen and oxygen atoms in total. The van der Waals surface area contributed by atoms with Crippen molar-refractivity contribution < 1.29 is 0 Å². The molecule has 0 saturated carbocycles. The molecule has 4 heteroatoms. The van der Waals surface area contributed by atoms with E-state index in [1.165, 1.54) is 11.3 Å². The van der Waals surface area contributed by atoms with E-state index in [9.17, 15) is 0 Å². The summed E-state index contributed by atoms with van der Waals surface area (Å²) in [6, 6.07) is 5.60. The second-order valence-electron chi connectivity index (χ2n) is 2.70.